The van der Waals surface area contributed by atoms with Gasteiger partial charge in [0.1, 0.15) is 0 Å². The Bertz CT molecular complexity index is 951. The summed E-state index contributed by atoms with van der Waals surface area (Å²) in [4.78, 5) is 13.7. The molecule has 0 saturated carbocycles. The third kappa shape index (κ3) is 3.26. The van der Waals surface area contributed by atoms with Crippen molar-refractivity contribution in [1.29, 1.82) is 0 Å². The van der Waals surface area contributed by atoms with Crippen molar-refractivity contribution >= 4 is 27.3 Å². The highest BCUT2D eigenvalue weighted by Gasteiger charge is 2.30. The van der Waals surface area contributed by atoms with E-state index >= 15 is 0 Å². The number of fused-ring (bicyclic) bond motifs is 1. The zero-order chi connectivity index (χ0) is 18.4. The van der Waals surface area contributed by atoms with Crippen molar-refractivity contribution in [3.8, 4) is 0 Å². The van der Waals surface area contributed by atoms with Crippen LogP contribution in [0.1, 0.15) is 30.5 Å². The number of amides is 1. The SMILES string of the molecule is CC(=O)N1c2ccc(S(=O)(=O)Nc3ccc(C)cc3C)cc2C[C@H]1C. The number of carbonyl (C=O) groups excluding carboxylic acids is 1. The number of nitrogens with one attached hydrogen (secondary N) is 1. The minimum Gasteiger partial charge on any atom is -0.309 e. The summed E-state index contributed by atoms with van der Waals surface area (Å²) in [6.07, 6.45) is 0.655. The van der Waals surface area contributed by atoms with Gasteiger partial charge in [-0.05, 0) is 62.6 Å². The first-order valence-electron chi connectivity index (χ1n) is 8.22. The zero-order valence-electron chi connectivity index (χ0n) is 14.8. The smallest absolute Gasteiger partial charge is 0.261 e. The summed E-state index contributed by atoms with van der Waals surface area (Å²) in [5, 5.41) is 0. The van der Waals surface area contributed by atoms with Crippen molar-refractivity contribution in [2.24, 2.45) is 0 Å². The summed E-state index contributed by atoms with van der Waals surface area (Å²) >= 11 is 0. The number of hydrogen-bond donors (Lipinski definition) is 1. The van der Waals surface area contributed by atoms with Crippen LogP contribution in [-0.4, -0.2) is 20.4 Å². The number of hydrogen-bond acceptors (Lipinski definition) is 3. The minimum absolute atomic E-state index is 0.0322. The van der Waals surface area contributed by atoms with Gasteiger partial charge >= 0.3 is 0 Å². The van der Waals surface area contributed by atoms with E-state index in [1.54, 1.807) is 29.2 Å². The molecule has 3 rings (SSSR count). The Morgan fingerprint density at radius 2 is 1.88 bits per heavy atom. The van der Waals surface area contributed by atoms with E-state index in [0.717, 1.165) is 22.4 Å². The minimum atomic E-state index is -3.68. The van der Waals surface area contributed by atoms with Crippen LogP contribution in [0.2, 0.25) is 0 Å². The third-order valence-corrected chi connectivity index (χ3v) is 5.91. The second kappa shape index (κ2) is 6.19. The topological polar surface area (TPSA) is 66.5 Å². The fraction of sp³-hybridized carbons (Fsp3) is 0.316. The van der Waals surface area contributed by atoms with E-state index in [0.29, 0.717) is 12.1 Å². The Kier molecular flexibility index (Phi) is 4.33. The average Bonchev–Trinajstić information content (AvgIpc) is 2.85. The first kappa shape index (κ1) is 17.5. The lowest BCUT2D eigenvalue weighted by Crippen LogP contribution is -2.33. The number of sulfonamides is 1. The predicted octanol–water partition coefficient (Wildman–Crippen LogP) is 3.40. The molecule has 0 radical (unpaired) electrons. The molecule has 6 heteroatoms. The first-order chi connectivity index (χ1) is 11.7. The van der Waals surface area contributed by atoms with Gasteiger partial charge in [0.05, 0.1) is 10.6 Å². The van der Waals surface area contributed by atoms with Gasteiger partial charge in [-0.3, -0.25) is 9.52 Å². The molecule has 1 N–H and O–H groups in total. The molecule has 2 aromatic carbocycles. The van der Waals surface area contributed by atoms with Gasteiger partial charge in [0, 0.05) is 18.7 Å². The van der Waals surface area contributed by atoms with Crippen LogP contribution >= 0.6 is 0 Å². The molecule has 0 unspecified atom stereocenters. The first-order valence-corrected chi connectivity index (χ1v) is 9.70. The predicted molar refractivity (Wildman–Crippen MR) is 99.5 cm³/mol. The quantitative estimate of drug-likeness (QED) is 0.914. The molecule has 1 atom stereocenters. The molecule has 0 bridgehead atoms. The van der Waals surface area contributed by atoms with Crippen molar-refractivity contribution < 1.29 is 13.2 Å². The standard InChI is InChI=1S/C19H22N2O3S/c1-12-5-7-18(13(2)9-12)20-25(23,24)17-6-8-19-16(11-17)10-14(3)21(19)15(4)22/h5-9,11,14,20H,10H2,1-4H3/t14-/m1/s1. The number of benzene rings is 2. The van der Waals surface area contributed by atoms with Crippen molar-refractivity contribution in [3.05, 3.63) is 53.1 Å². The van der Waals surface area contributed by atoms with Crippen LogP contribution in [0.15, 0.2) is 41.3 Å². The van der Waals surface area contributed by atoms with E-state index in [1.807, 2.05) is 32.9 Å². The number of nitrogens with zero attached hydrogens (tertiary/aromatic N) is 1. The molecule has 1 heterocycles. The van der Waals surface area contributed by atoms with E-state index in [9.17, 15) is 13.2 Å². The molecule has 25 heavy (non-hydrogen) atoms. The maximum absolute atomic E-state index is 12.7. The number of carbonyl (C=O) groups is 1. The summed E-state index contributed by atoms with van der Waals surface area (Å²) in [5.41, 5.74) is 4.21. The Morgan fingerprint density at radius 1 is 1.16 bits per heavy atom. The molecule has 5 nitrogen and oxygen atoms in total. The largest absolute Gasteiger partial charge is 0.309 e. The van der Waals surface area contributed by atoms with Gasteiger partial charge in [-0.15, -0.1) is 0 Å². The van der Waals surface area contributed by atoms with Gasteiger partial charge < -0.3 is 4.90 Å². The lowest BCUT2D eigenvalue weighted by atomic mass is 10.1. The highest BCUT2D eigenvalue weighted by atomic mass is 32.2. The lowest BCUT2D eigenvalue weighted by molar-refractivity contribution is -0.116. The fourth-order valence-corrected chi connectivity index (χ4v) is 4.57. The lowest BCUT2D eigenvalue weighted by Gasteiger charge is -2.20. The maximum Gasteiger partial charge on any atom is 0.261 e. The highest BCUT2D eigenvalue weighted by Crippen LogP contribution is 2.34. The summed E-state index contributed by atoms with van der Waals surface area (Å²) in [6, 6.07) is 10.6. The molecule has 0 saturated heterocycles. The van der Waals surface area contributed by atoms with Crippen molar-refractivity contribution in [2.45, 2.75) is 45.1 Å². The van der Waals surface area contributed by atoms with E-state index in [2.05, 4.69) is 4.72 Å². The normalized spacial score (nSPS) is 16.6. The molecule has 1 aliphatic heterocycles. The van der Waals surface area contributed by atoms with Crippen LogP contribution in [-0.2, 0) is 21.2 Å². The fourth-order valence-electron chi connectivity index (χ4n) is 3.39. The average molecular weight is 358 g/mol. The molecule has 0 aliphatic carbocycles. The molecule has 0 fully saturated rings. The van der Waals surface area contributed by atoms with Gasteiger partial charge in [-0.1, -0.05) is 17.7 Å². The van der Waals surface area contributed by atoms with Crippen molar-refractivity contribution in [3.63, 3.8) is 0 Å². The van der Waals surface area contributed by atoms with E-state index < -0.39 is 10.0 Å². The Hall–Kier alpha value is -2.34. The van der Waals surface area contributed by atoms with E-state index in [4.69, 9.17) is 0 Å². The summed E-state index contributed by atoms with van der Waals surface area (Å²) < 4.78 is 28.1. The molecule has 2 aromatic rings. The van der Waals surface area contributed by atoms with Crippen LogP contribution in [0, 0.1) is 13.8 Å². The molecular weight excluding hydrogens is 336 g/mol. The molecular formula is C19H22N2O3S. The Labute approximate surface area is 148 Å². The summed E-state index contributed by atoms with van der Waals surface area (Å²) in [7, 11) is -3.68. The highest BCUT2D eigenvalue weighted by molar-refractivity contribution is 7.92. The van der Waals surface area contributed by atoms with Crippen molar-refractivity contribution in [1.82, 2.24) is 0 Å². The van der Waals surface area contributed by atoms with E-state index in [1.165, 1.54) is 6.92 Å². The summed E-state index contributed by atoms with van der Waals surface area (Å²) in [5.74, 6) is -0.0322. The number of aryl methyl sites for hydroxylation is 2. The second-order valence-electron chi connectivity index (χ2n) is 6.66. The van der Waals surface area contributed by atoms with Gasteiger partial charge in [0.25, 0.3) is 10.0 Å². The third-order valence-electron chi connectivity index (χ3n) is 4.54. The van der Waals surface area contributed by atoms with Crippen LogP contribution in [0.5, 0.6) is 0 Å². The number of rotatable bonds is 3. The molecule has 0 spiro atoms. The van der Waals surface area contributed by atoms with Crippen LogP contribution in [0.4, 0.5) is 11.4 Å². The Balaban J connectivity index is 1.94. The second-order valence-corrected chi connectivity index (χ2v) is 8.34. The monoisotopic (exact) mass is 358 g/mol. The Morgan fingerprint density at radius 3 is 2.52 bits per heavy atom. The van der Waals surface area contributed by atoms with Crippen molar-refractivity contribution in [2.75, 3.05) is 9.62 Å². The van der Waals surface area contributed by atoms with Gasteiger partial charge in [-0.25, -0.2) is 8.42 Å². The van der Waals surface area contributed by atoms with Crippen LogP contribution in [0.3, 0.4) is 0 Å². The molecule has 132 valence electrons. The van der Waals surface area contributed by atoms with Gasteiger partial charge in [0.15, 0.2) is 0 Å². The molecule has 1 aliphatic rings. The zero-order valence-corrected chi connectivity index (χ0v) is 15.6. The van der Waals surface area contributed by atoms with Gasteiger partial charge in [-0.2, -0.15) is 0 Å². The van der Waals surface area contributed by atoms with E-state index in [-0.39, 0.29) is 16.8 Å². The summed E-state index contributed by atoms with van der Waals surface area (Å²) in [6.45, 7) is 7.33. The molecule has 0 aromatic heterocycles. The van der Waals surface area contributed by atoms with Crippen LogP contribution < -0.4 is 9.62 Å². The number of anilines is 2. The van der Waals surface area contributed by atoms with Crippen LogP contribution in [0.25, 0.3) is 0 Å². The molecule has 1 amide bonds. The van der Waals surface area contributed by atoms with Gasteiger partial charge in [0.2, 0.25) is 5.91 Å². The maximum atomic E-state index is 12.7.